The molecule has 0 atom stereocenters. The highest BCUT2D eigenvalue weighted by atomic mass is 35.5. The summed E-state index contributed by atoms with van der Waals surface area (Å²) in [6, 6.07) is 4.01. The number of fused-ring (bicyclic) bond motifs is 1. The lowest BCUT2D eigenvalue weighted by Gasteiger charge is -2.23. The van der Waals surface area contributed by atoms with E-state index >= 15 is 0 Å². The second kappa shape index (κ2) is 8.84. The van der Waals surface area contributed by atoms with Crippen LogP contribution in [0.15, 0.2) is 24.5 Å². The molecule has 3 aromatic rings. The van der Waals surface area contributed by atoms with E-state index in [2.05, 4.69) is 26.8 Å². The maximum atomic E-state index is 12.5. The lowest BCUT2D eigenvalue weighted by Crippen LogP contribution is -2.26. The predicted octanol–water partition coefficient (Wildman–Crippen LogP) is 4.68. The number of aromatic nitrogens is 3. The fraction of sp³-hybridized carbons (Fsp3) is 0.400. The summed E-state index contributed by atoms with van der Waals surface area (Å²) in [6.45, 7) is 9.18. The van der Waals surface area contributed by atoms with Gasteiger partial charge in [0, 0.05) is 25.5 Å². The van der Waals surface area contributed by atoms with E-state index in [1.807, 2.05) is 32.9 Å². The molecule has 0 saturated carbocycles. The number of carbonyl (C=O) groups excluding carboxylic acids is 1. The van der Waals surface area contributed by atoms with E-state index in [1.165, 1.54) is 16.9 Å². The van der Waals surface area contributed by atoms with Crippen molar-refractivity contribution in [3.63, 3.8) is 0 Å². The normalized spacial score (nSPS) is 11.2. The number of carbonyl (C=O) groups is 1. The first-order valence-corrected chi connectivity index (χ1v) is 10.4. The number of nitrogens with zero attached hydrogens (tertiary/aromatic N) is 4. The van der Waals surface area contributed by atoms with E-state index in [0.717, 1.165) is 36.3 Å². The van der Waals surface area contributed by atoms with Gasteiger partial charge in [0.1, 0.15) is 15.5 Å². The average Bonchev–Trinajstić information content (AvgIpc) is 2.99. The third-order valence-electron chi connectivity index (χ3n) is 4.37. The monoisotopic (exact) mass is 418 g/mol. The van der Waals surface area contributed by atoms with Gasteiger partial charge in [0.05, 0.1) is 11.5 Å². The fourth-order valence-electron chi connectivity index (χ4n) is 3.01. The molecule has 0 N–H and O–H groups in total. The standard InChI is InChI=1S/C20H23ClN4O2S/c1-5-25(11-8-14-6-9-22-10-7-14)17-15-13(4)16(19(26)27-12(2)3)28-18(15)24-20(21)23-17/h6-7,9-10,12H,5,8,11H2,1-4H3. The van der Waals surface area contributed by atoms with Gasteiger partial charge >= 0.3 is 5.97 Å². The second-order valence-electron chi connectivity index (χ2n) is 6.69. The van der Waals surface area contributed by atoms with Gasteiger partial charge in [0.15, 0.2) is 0 Å². The molecule has 0 aliphatic heterocycles. The number of ether oxygens (including phenoxy) is 1. The van der Waals surface area contributed by atoms with Crippen molar-refractivity contribution >= 4 is 44.9 Å². The van der Waals surface area contributed by atoms with E-state index in [9.17, 15) is 4.79 Å². The molecular formula is C20H23ClN4O2S. The predicted molar refractivity (Wildman–Crippen MR) is 114 cm³/mol. The summed E-state index contributed by atoms with van der Waals surface area (Å²) >= 11 is 7.50. The zero-order chi connectivity index (χ0) is 20.3. The Balaban J connectivity index is 1.98. The minimum Gasteiger partial charge on any atom is -0.459 e. The number of halogens is 1. The maximum Gasteiger partial charge on any atom is 0.348 e. The molecule has 0 spiro atoms. The Morgan fingerprint density at radius 1 is 1.29 bits per heavy atom. The molecule has 0 aliphatic carbocycles. The van der Waals surface area contributed by atoms with Gasteiger partial charge in [0.25, 0.3) is 0 Å². The van der Waals surface area contributed by atoms with Crippen LogP contribution in [0.4, 0.5) is 5.82 Å². The van der Waals surface area contributed by atoms with Crippen molar-refractivity contribution in [1.82, 2.24) is 15.0 Å². The van der Waals surface area contributed by atoms with E-state index in [4.69, 9.17) is 16.3 Å². The molecule has 6 nitrogen and oxygen atoms in total. The third kappa shape index (κ3) is 4.42. The van der Waals surface area contributed by atoms with Gasteiger partial charge in [-0.3, -0.25) is 4.98 Å². The molecule has 0 amide bonds. The minimum absolute atomic E-state index is 0.176. The van der Waals surface area contributed by atoms with Crippen LogP contribution in [0, 0.1) is 6.92 Å². The summed E-state index contributed by atoms with van der Waals surface area (Å²) in [7, 11) is 0. The highest BCUT2D eigenvalue weighted by molar-refractivity contribution is 7.20. The molecule has 0 bridgehead atoms. The van der Waals surface area contributed by atoms with E-state index in [0.29, 0.717) is 9.71 Å². The van der Waals surface area contributed by atoms with Crippen LogP contribution in [0.5, 0.6) is 0 Å². The molecule has 0 unspecified atom stereocenters. The Kier molecular flexibility index (Phi) is 6.46. The van der Waals surface area contributed by atoms with Crippen LogP contribution >= 0.6 is 22.9 Å². The highest BCUT2D eigenvalue weighted by Gasteiger charge is 2.24. The van der Waals surface area contributed by atoms with Crippen LogP contribution in [0.25, 0.3) is 10.2 Å². The van der Waals surface area contributed by atoms with Crippen molar-refractivity contribution in [2.45, 2.75) is 40.2 Å². The number of aryl methyl sites for hydroxylation is 1. The van der Waals surface area contributed by atoms with Gasteiger partial charge < -0.3 is 9.64 Å². The molecule has 3 rings (SSSR count). The van der Waals surface area contributed by atoms with E-state index < -0.39 is 0 Å². The number of rotatable bonds is 7. The van der Waals surface area contributed by atoms with Crippen LogP contribution in [0.2, 0.25) is 5.28 Å². The number of hydrogen-bond acceptors (Lipinski definition) is 7. The minimum atomic E-state index is -0.336. The summed E-state index contributed by atoms with van der Waals surface area (Å²) in [6.07, 6.45) is 4.26. The quantitative estimate of drug-likeness (QED) is 0.409. The third-order valence-corrected chi connectivity index (χ3v) is 5.71. The van der Waals surface area contributed by atoms with Crippen LogP contribution in [0.1, 0.15) is 41.6 Å². The maximum absolute atomic E-state index is 12.5. The number of esters is 1. The Bertz CT molecular complexity index is 975. The molecule has 8 heteroatoms. The van der Waals surface area contributed by atoms with Crippen LogP contribution in [-0.4, -0.2) is 40.1 Å². The highest BCUT2D eigenvalue weighted by Crippen LogP contribution is 2.36. The number of anilines is 1. The first-order chi connectivity index (χ1) is 13.4. The average molecular weight is 419 g/mol. The summed E-state index contributed by atoms with van der Waals surface area (Å²) in [5, 5.41) is 1.04. The SMILES string of the molecule is CCN(CCc1ccncc1)c1nc(Cl)nc2sc(C(=O)OC(C)C)c(C)c12. The largest absolute Gasteiger partial charge is 0.459 e. The summed E-state index contributed by atoms with van der Waals surface area (Å²) in [4.78, 5) is 28.8. The van der Waals surface area contributed by atoms with Crippen molar-refractivity contribution in [1.29, 1.82) is 0 Å². The van der Waals surface area contributed by atoms with Gasteiger partial charge in [-0.1, -0.05) is 0 Å². The van der Waals surface area contributed by atoms with Crippen molar-refractivity contribution in [3.8, 4) is 0 Å². The van der Waals surface area contributed by atoms with Crippen LogP contribution in [-0.2, 0) is 11.2 Å². The van der Waals surface area contributed by atoms with Crippen LogP contribution < -0.4 is 4.90 Å². The molecule has 0 aliphatic rings. The number of likely N-dealkylation sites (N-methyl/N-ethyl adjacent to an activating group) is 1. The summed E-state index contributed by atoms with van der Waals surface area (Å²) < 4.78 is 5.38. The Morgan fingerprint density at radius 2 is 2.00 bits per heavy atom. The van der Waals surface area contributed by atoms with Crippen molar-refractivity contribution in [3.05, 3.63) is 45.8 Å². The van der Waals surface area contributed by atoms with Crippen molar-refractivity contribution in [2.24, 2.45) is 0 Å². The van der Waals surface area contributed by atoms with Gasteiger partial charge in [0.2, 0.25) is 5.28 Å². The Labute approximate surface area is 173 Å². The van der Waals surface area contributed by atoms with E-state index in [-0.39, 0.29) is 17.4 Å². The first-order valence-electron chi connectivity index (χ1n) is 9.22. The molecule has 148 valence electrons. The molecule has 0 aromatic carbocycles. The molecule has 0 saturated heterocycles. The summed E-state index contributed by atoms with van der Waals surface area (Å²) in [5.74, 6) is 0.418. The van der Waals surface area contributed by atoms with E-state index in [1.54, 1.807) is 12.4 Å². The second-order valence-corrected chi connectivity index (χ2v) is 8.03. The zero-order valence-electron chi connectivity index (χ0n) is 16.4. The number of hydrogen-bond donors (Lipinski definition) is 0. The smallest absolute Gasteiger partial charge is 0.348 e. The van der Waals surface area contributed by atoms with Crippen molar-refractivity contribution < 1.29 is 9.53 Å². The lowest BCUT2D eigenvalue weighted by atomic mass is 10.1. The van der Waals surface area contributed by atoms with Gasteiger partial charge in [-0.2, -0.15) is 4.98 Å². The van der Waals surface area contributed by atoms with Crippen LogP contribution in [0.3, 0.4) is 0 Å². The number of pyridine rings is 1. The summed E-state index contributed by atoms with van der Waals surface area (Å²) in [5.41, 5.74) is 2.03. The lowest BCUT2D eigenvalue weighted by molar-refractivity contribution is 0.0383. The van der Waals surface area contributed by atoms with Crippen molar-refractivity contribution in [2.75, 3.05) is 18.0 Å². The van der Waals surface area contributed by atoms with Gasteiger partial charge in [-0.25, -0.2) is 9.78 Å². The molecule has 3 heterocycles. The molecule has 0 radical (unpaired) electrons. The fourth-order valence-corrected chi connectivity index (χ4v) is 4.28. The first kappa shape index (κ1) is 20.5. The number of thiophene rings is 1. The Morgan fingerprint density at radius 3 is 2.64 bits per heavy atom. The Hall–Kier alpha value is -2.25. The topological polar surface area (TPSA) is 68.2 Å². The van der Waals surface area contributed by atoms with Gasteiger partial charge in [-0.05, 0) is 69.0 Å². The zero-order valence-corrected chi connectivity index (χ0v) is 18.0. The molecule has 0 fully saturated rings. The molecular weight excluding hydrogens is 396 g/mol. The molecule has 3 aromatic heterocycles. The van der Waals surface area contributed by atoms with Gasteiger partial charge in [-0.15, -0.1) is 11.3 Å². The molecule has 28 heavy (non-hydrogen) atoms.